The molecule has 1 saturated carbocycles. The summed E-state index contributed by atoms with van der Waals surface area (Å²) in [5.41, 5.74) is -0.191. The van der Waals surface area contributed by atoms with Gasteiger partial charge in [0.2, 0.25) is 0 Å². The van der Waals surface area contributed by atoms with Gasteiger partial charge in [0.1, 0.15) is 0 Å². The third-order valence-corrected chi connectivity index (χ3v) is 4.25. The van der Waals surface area contributed by atoms with Crippen molar-refractivity contribution in [3.63, 3.8) is 0 Å². The van der Waals surface area contributed by atoms with Gasteiger partial charge in [0.25, 0.3) is 5.56 Å². The van der Waals surface area contributed by atoms with E-state index in [2.05, 4.69) is 17.1 Å². The topological polar surface area (TPSA) is 75.1 Å². The molecule has 5 nitrogen and oxygen atoms in total. The summed E-state index contributed by atoms with van der Waals surface area (Å²) in [5.74, 6) is 0.710. The molecule has 18 heavy (non-hydrogen) atoms. The summed E-state index contributed by atoms with van der Waals surface area (Å²) in [5, 5.41) is 9.51. The number of aromatic amines is 1. The molecule has 1 aromatic heterocycles. The minimum Gasteiger partial charge on any atom is -0.396 e. The van der Waals surface area contributed by atoms with E-state index >= 15 is 0 Å². The molecule has 2 bridgehead atoms. The molecule has 0 amide bonds. The fourth-order valence-electron chi connectivity index (χ4n) is 3.36. The van der Waals surface area contributed by atoms with E-state index < -0.39 is 0 Å². The van der Waals surface area contributed by atoms with Gasteiger partial charge in [0.05, 0.1) is 0 Å². The van der Waals surface area contributed by atoms with Gasteiger partial charge in [-0.3, -0.25) is 14.3 Å². The molecule has 1 fully saturated rings. The molecule has 1 aromatic rings. The number of H-pyrrole nitrogens is 1. The lowest BCUT2D eigenvalue weighted by Gasteiger charge is -2.28. The van der Waals surface area contributed by atoms with Gasteiger partial charge in [0, 0.05) is 30.3 Å². The number of aryl methyl sites for hydroxylation is 1. The molecule has 0 aliphatic heterocycles. The van der Waals surface area contributed by atoms with Crippen molar-refractivity contribution in [2.75, 3.05) is 6.61 Å². The minimum absolute atomic E-state index is 0.0342. The molecule has 2 aliphatic rings. The number of rotatable bonds is 2. The Balaban J connectivity index is 2.10. The molecule has 0 aromatic carbocycles. The fraction of sp³-hybridized carbons (Fsp3) is 0.538. The van der Waals surface area contributed by atoms with Gasteiger partial charge >= 0.3 is 5.69 Å². The highest BCUT2D eigenvalue weighted by atomic mass is 16.3. The Morgan fingerprint density at radius 3 is 2.83 bits per heavy atom. The molecule has 0 saturated heterocycles. The number of hydrogen-bond donors (Lipinski definition) is 2. The number of nitrogens with one attached hydrogen (secondary N) is 1. The van der Waals surface area contributed by atoms with Crippen molar-refractivity contribution in [3.05, 3.63) is 44.8 Å². The maximum Gasteiger partial charge on any atom is 0.328 e. The van der Waals surface area contributed by atoms with E-state index in [1.54, 1.807) is 17.7 Å². The number of aromatic nitrogens is 2. The van der Waals surface area contributed by atoms with E-state index in [0.29, 0.717) is 11.5 Å². The highest BCUT2D eigenvalue weighted by Gasteiger charge is 2.45. The first-order valence-corrected chi connectivity index (χ1v) is 6.23. The summed E-state index contributed by atoms with van der Waals surface area (Å²) in [7, 11) is 0. The van der Waals surface area contributed by atoms with Gasteiger partial charge < -0.3 is 5.11 Å². The Kier molecular flexibility index (Phi) is 2.52. The zero-order chi connectivity index (χ0) is 12.9. The van der Waals surface area contributed by atoms with Crippen LogP contribution in [0.25, 0.3) is 0 Å². The van der Waals surface area contributed by atoms with E-state index in [1.165, 1.54) is 0 Å². The van der Waals surface area contributed by atoms with Crippen LogP contribution in [0.1, 0.15) is 18.0 Å². The predicted molar refractivity (Wildman–Crippen MR) is 66.4 cm³/mol. The molecule has 2 N–H and O–H groups in total. The molecule has 0 spiro atoms. The molecule has 2 aliphatic carbocycles. The molecule has 0 radical (unpaired) electrons. The molecule has 4 atom stereocenters. The van der Waals surface area contributed by atoms with Crippen molar-refractivity contribution in [1.82, 2.24) is 9.55 Å². The van der Waals surface area contributed by atoms with Crippen LogP contribution in [-0.2, 0) is 0 Å². The Morgan fingerprint density at radius 1 is 1.39 bits per heavy atom. The van der Waals surface area contributed by atoms with Gasteiger partial charge in [-0.1, -0.05) is 12.2 Å². The van der Waals surface area contributed by atoms with Crippen LogP contribution >= 0.6 is 0 Å². The van der Waals surface area contributed by atoms with Crippen LogP contribution < -0.4 is 11.2 Å². The number of allylic oxidation sites excluding steroid dienone is 2. The average molecular weight is 248 g/mol. The number of aliphatic hydroxyl groups excluding tert-OH is 1. The van der Waals surface area contributed by atoms with Crippen molar-refractivity contribution in [3.8, 4) is 0 Å². The average Bonchev–Trinajstić information content (AvgIpc) is 2.93. The maximum absolute atomic E-state index is 11.9. The Morgan fingerprint density at radius 2 is 2.11 bits per heavy atom. The molecule has 96 valence electrons. The van der Waals surface area contributed by atoms with Gasteiger partial charge in [-0.2, -0.15) is 0 Å². The SMILES string of the molecule is Cc1cn([C@@H]2[C@@H](CO)[C@@H]3C=C[C@H]2C3)c(=O)[nH]c1=O. The number of aliphatic hydroxyl groups is 1. The summed E-state index contributed by atoms with van der Waals surface area (Å²) >= 11 is 0. The second-order valence-corrected chi connectivity index (χ2v) is 5.26. The van der Waals surface area contributed by atoms with Gasteiger partial charge in [-0.05, 0) is 25.2 Å². The first-order valence-electron chi connectivity index (χ1n) is 6.23. The van der Waals surface area contributed by atoms with Crippen LogP contribution in [0, 0.1) is 24.7 Å². The smallest absolute Gasteiger partial charge is 0.328 e. The van der Waals surface area contributed by atoms with E-state index in [-0.39, 0.29) is 35.7 Å². The summed E-state index contributed by atoms with van der Waals surface area (Å²) < 4.78 is 1.59. The lowest BCUT2D eigenvalue weighted by atomic mass is 9.89. The van der Waals surface area contributed by atoms with Crippen molar-refractivity contribution in [2.45, 2.75) is 19.4 Å². The van der Waals surface area contributed by atoms with E-state index in [9.17, 15) is 14.7 Å². The fourth-order valence-corrected chi connectivity index (χ4v) is 3.36. The lowest BCUT2D eigenvalue weighted by molar-refractivity contribution is 0.163. The zero-order valence-electron chi connectivity index (χ0n) is 10.2. The Hall–Kier alpha value is -1.62. The molecule has 5 heteroatoms. The maximum atomic E-state index is 11.9. The van der Waals surface area contributed by atoms with Gasteiger partial charge in [-0.25, -0.2) is 4.79 Å². The van der Waals surface area contributed by atoms with Crippen molar-refractivity contribution in [1.29, 1.82) is 0 Å². The van der Waals surface area contributed by atoms with Crippen LogP contribution in [-0.4, -0.2) is 21.3 Å². The van der Waals surface area contributed by atoms with E-state index in [1.807, 2.05) is 0 Å². The van der Waals surface area contributed by atoms with Crippen LogP contribution in [0.3, 0.4) is 0 Å². The Bertz CT molecular complexity index is 613. The standard InChI is InChI=1S/C13H16N2O3/c1-7-5-15(13(18)14-12(7)17)11-9-3-2-8(4-9)10(11)6-16/h2-3,5,8-11,16H,4,6H2,1H3,(H,14,17,18)/t8-,9+,10+,11+/m1/s1. The van der Waals surface area contributed by atoms with E-state index in [4.69, 9.17) is 0 Å². The first kappa shape index (κ1) is 11.5. The highest BCUT2D eigenvalue weighted by Crippen LogP contribution is 2.49. The molecular weight excluding hydrogens is 232 g/mol. The summed E-state index contributed by atoms with van der Waals surface area (Å²) in [6, 6.07) is -0.0342. The van der Waals surface area contributed by atoms with Crippen LogP contribution in [0.5, 0.6) is 0 Å². The van der Waals surface area contributed by atoms with E-state index in [0.717, 1.165) is 6.42 Å². The zero-order valence-corrected chi connectivity index (χ0v) is 10.2. The third kappa shape index (κ3) is 1.50. The number of hydrogen-bond acceptors (Lipinski definition) is 3. The number of fused-ring (bicyclic) bond motifs is 2. The number of nitrogens with zero attached hydrogens (tertiary/aromatic N) is 1. The first-order chi connectivity index (χ1) is 8.61. The largest absolute Gasteiger partial charge is 0.396 e. The van der Waals surface area contributed by atoms with Crippen LogP contribution in [0.4, 0.5) is 0 Å². The van der Waals surface area contributed by atoms with Crippen LogP contribution in [0.15, 0.2) is 27.9 Å². The summed E-state index contributed by atoms with van der Waals surface area (Å²) in [6.45, 7) is 1.76. The second-order valence-electron chi connectivity index (χ2n) is 5.26. The monoisotopic (exact) mass is 248 g/mol. The van der Waals surface area contributed by atoms with Gasteiger partial charge in [0.15, 0.2) is 0 Å². The van der Waals surface area contributed by atoms with Crippen molar-refractivity contribution in [2.24, 2.45) is 17.8 Å². The predicted octanol–water partition coefficient (Wildman–Crippen LogP) is 0.201. The molecule has 3 rings (SSSR count). The Labute approximate surface area is 104 Å². The molecule has 1 heterocycles. The summed E-state index contributed by atoms with van der Waals surface area (Å²) in [6.07, 6.45) is 6.85. The second kappa shape index (κ2) is 3.95. The van der Waals surface area contributed by atoms with Crippen LogP contribution in [0.2, 0.25) is 0 Å². The lowest BCUT2D eigenvalue weighted by Crippen LogP contribution is -2.38. The van der Waals surface area contributed by atoms with Crippen molar-refractivity contribution < 1.29 is 5.11 Å². The molecular formula is C13H16N2O3. The quantitative estimate of drug-likeness (QED) is 0.734. The highest BCUT2D eigenvalue weighted by molar-refractivity contribution is 5.16. The summed E-state index contributed by atoms with van der Waals surface area (Å²) in [4.78, 5) is 25.6. The normalized spacial score (nSPS) is 33.2. The minimum atomic E-state index is -0.380. The van der Waals surface area contributed by atoms with Gasteiger partial charge in [-0.15, -0.1) is 0 Å². The van der Waals surface area contributed by atoms with Crippen molar-refractivity contribution >= 4 is 0 Å². The third-order valence-electron chi connectivity index (χ3n) is 4.25. The molecule has 0 unspecified atom stereocenters.